The summed E-state index contributed by atoms with van der Waals surface area (Å²) in [5.41, 5.74) is 1.21. The first-order valence-electron chi connectivity index (χ1n) is 14.6. The zero-order chi connectivity index (χ0) is 22.8. The summed E-state index contributed by atoms with van der Waals surface area (Å²) in [5.74, 6) is 4.88. The number of carbonyl (C=O) groups excluding carboxylic acids is 1. The van der Waals surface area contributed by atoms with Crippen LogP contribution in [0.5, 0.6) is 0 Å². The molecule has 4 aliphatic carbocycles. The second-order valence-corrected chi connectivity index (χ2v) is 14.1. The van der Waals surface area contributed by atoms with Gasteiger partial charge in [-0.2, -0.15) is 0 Å². The maximum atomic E-state index is 12.0. The van der Waals surface area contributed by atoms with Crippen LogP contribution >= 0.6 is 11.8 Å². The summed E-state index contributed by atoms with van der Waals surface area (Å²) in [6.45, 7) is 9.75. The number of hydrogen-bond donors (Lipinski definition) is 0. The lowest BCUT2D eigenvalue weighted by atomic mass is 9.45. The molecule has 0 heterocycles. The number of thioether (sulfide) groups is 1. The molecule has 0 aromatic rings. The molecule has 4 aliphatic rings. The predicted molar refractivity (Wildman–Crippen MR) is 140 cm³/mol. The summed E-state index contributed by atoms with van der Waals surface area (Å²) in [6.07, 6.45) is 23.9. The van der Waals surface area contributed by atoms with Crippen LogP contribution in [0.4, 0.5) is 0 Å². The van der Waals surface area contributed by atoms with E-state index in [1.165, 1.54) is 103 Å². The van der Waals surface area contributed by atoms with Crippen molar-refractivity contribution in [2.24, 2.45) is 40.4 Å². The zero-order valence-corrected chi connectivity index (χ0v) is 22.6. The topological polar surface area (TPSA) is 17.1 Å². The van der Waals surface area contributed by atoms with Crippen LogP contribution in [0.1, 0.15) is 137 Å². The fourth-order valence-corrected chi connectivity index (χ4v) is 10.5. The van der Waals surface area contributed by atoms with Crippen LogP contribution in [0.25, 0.3) is 0 Å². The Morgan fingerprint density at radius 1 is 0.812 bits per heavy atom. The van der Waals surface area contributed by atoms with Crippen molar-refractivity contribution in [1.82, 2.24) is 0 Å². The van der Waals surface area contributed by atoms with E-state index in [0.717, 1.165) is 29.6 Å². The lowest BCUT2D eigenvalue weighted by Gasteiger charge is -2.61. The second kappa shape index (κ2) is 10.7. The molecule has 2 heteroatoms. The highest BCUT2D eigenvalue weighted by Gasteiger charge is 2.59. The molecule has 4 fully saturated rings. The molecule has 8 atom stereocenters. The molecule has 0 spiro atoms. The Balaban J connectivity index is 1.35. The molecule has 0 amide bonds. The van der Waals surface area contributed by atoms with Crippen LogP contribution in [-0.4, -0.2) is 10.4 Å². The van der Waals surface area contributed by atoms with E-state index in [1.807, 2.05) is 6.92 Å². The van der Waals surface area contributed by atoms with Crippen molar-refractivity contribution in [1.29, 1.82) is 0 Å². The Labute approximate surface area is 204 Å². The van der Waals surface area contributed by atoms with Crippen LogP contribution in [0.2, 0.25) is 0 Å². The number of carbonyl (C=O) groups is 1. The molecule has 32 heavy (non-hydrogen) atoms. The highest BCUT2D eigenvalue weighted by molar-refractivity contribution is 8.14. The van der Waals surface area contributed by atoms with Gasteiger partial charge in [-0.3, -0.25) is 4.79 Å². The molecule has 0 N–H and O–H groups in total. The maximum Gasteiger partial charge on any atom is 0.188 e. The van der Waals surface area contributed by atoms with Gasteiger partial charge in [0.1, 0.15) is 0 Å². The van der Waals surface area contributed by atoms with Crippen LogP contribution in [0, 0.1) is 40.4 Å². The van der Waals surface area contributed by atoms with E-state index < -0.39 is 0 Å². The van der Waals surface area contributed by atoms with Crippen molar-refractivity contribution in [3.05, 3.63) is 0 Å². The van der Waals surface area contributed by atoms with E-state index in [0.29, 0.717) is 27.6 Å². The smallest absolute Gasteiger partial charge is 0.188 e. The van der Waals surface area contributed by atoms with Gasteiger partial charge in [-0.15, -0.1) is 0 Å². The Morgan fingerprint density at radius 3 is 2.31 bits per heavy atom. The standard InChI is InChI=1S/C30H52OS/c1-5-7-8-9-10-11-12-22-14-16-26-25-15-13-23-21-24(32-28(31)6-2)17-19-30(23,4)27(25)18-20-29(22,26)3/h22-27H,5-21H2,1-4H3/t22-,23-,24-,25-,26-,27-,29+,30-/m0/s1. The van der Waals surface area contributed by atoms with E-state index in [9.17, 15) is 4.79 Å². The van der Waals surface area contributed by atoms with Crippen LogP contribution in [0.15, 0.2) is 0 Å². The summed E-state index contributed by atoms with van der Waals surface area (Å²) < 4.78 is 0. The Morgan fingerprint density at radius 2 is 1.53 bits per heavy atom. The molecule has 0 unspecified atom stereocenters. The highest BCUT2D eigenvalue weighted by atomic mass is 32.2. The molecule has 0 aliphatic heterocycles. The van der Waals surface area contributed by atoms with Gasteiger partial charge >= 0.3 is 0 Å². The summed E-state index contributed by atoms with van der Waals surface area (Å²) in [5, 5.41) is 1.03. The van der Waals surface area contributed by atoms with Gasteiger partial charge in [0.15, 0.2) is 5.12 Å². The van der Waals surface area contributed by atoms with E-state index in [2.05, 4.69) is 20.8 Å². The Bertz CT molecular complexity index is 630. The van der Waals surface area contributed by atoms with Crippen molar-refractivity contribution in [3.8, 4) is 0 Å². The quantitative estimate of drug-likeness (QED) is 0.319. The summed E-state index contributed by atoms with van der Waals surface area (Å²) in [4.78, 5) is 12.0. The minimum Gasteiger partial charge on any atom is -0.287 e. The summed E-state index contributed by atoms with van der Waals surface area (Å²) in [7, 11) is 0. The van der Waals surface area contributed by atoms with Gasteiger partial charge in [0.05, 0.1) is 0 Å². The van der Waals surface area contributed by atoms with E-state index in [-0.39, 0.29) is 0 Å². The molecule has 0 saturated heterocycles. The third-order valence-corrected chi connectivity index (χ3v) is 12.6. The van der Waals surface area contributed by atoms with Gasteiger partial charge < -0.3 is 0 Å². The number of rotatable bonds is 9. The first kappa shape index (κ1) is 25.1. The van der Waals surface area contributed by atoms with Crippen molar-refractivity contribution in [2.75, 3.05) is 0 Å². The van der Waals surface area contributed by atoms with Gasteiger partial charge in [-0.05, 0) is 105 Å². The predicted octanol–water partition coefficient (Wildman–Crippen LogP) is 9.43. The molecule has 4 rings (SSSR count). The molecular weight excluding hydrogens is 408 g/mol. The van der Waals surface area contributed by atoms with Crippen molar-refractivity contribution >= 4 is 16.9 Å². The molecular formula is C30H52OS. The number of fused-ring (bicyclic) bond motifs is 5. The van der Waals surface area contributed by atoms with Crippen molar-refractivity contribution in [2.45, 2.75) is 142 Å². The summed E-state index contributed by atoms with van der Waals surface area (Å²) >= 11 is 1.69. The molecule has 0 aromatic carbocycles. The van der Waals surface area contributed by atoms with Gasteiger partial charge in [-0.1, -0.05) is 78.0 Å². The lowest BCUT2D eigenvalue weighted by molar-refractivity contribution is -0.112. The first-order valence-corrected chi connectivity index (χ1v) is 15.5. The van der Waals surface area contributed by atoms with E-state index in [4.69, 9.17) is 0 Å². The molecule has 0 aromatic heterocycles. The molecule has 4 saturated carbocycles. The first-order chi connectivity index (χ1) is 15.4. The zero-order valence-electron chi connectivity index (χ0n) is 21.8. The van der Waals surface area contributed by atoms with Gasteiger partial charge in [0, 0.05) is 11.7 Å². The summed E-state index contributed by atoms with van der Waals surface area (Å²) in [6, 6.07) is 0. The van der Waals surface area contributed by atoms with E-state index in [1.54, 1.807) is 11.8 Å². The van der Waals surface area contributed by atoms with Crippen molar-refractivity contribution < 1.29 is 4.79 Å². The normalized spacial score (nSPS) is 43.4. The number of hydrogen-bond acceptors (Lipinski definition) is 2. The average Bonchev–Trinajstić information content (AvgIpc) is 3.12. The van der Waals surface area contributed by atoms with E-state index >= 15 is 0 Å². The molecule has 0 bridgehead atoms. The maximum absolute atomic E-state index is 12.0. The van der Waals surface area contributed by atoms with Gasteiger partial charge in [0.25, 0.3) is 0 Å². The SMILES string of the molecule is CCCCCCCC[C@H]1CC[C@H]2[C@@H]3CC[C@H]4C[C@@H](SC(=O)CC)CC[C@]4(C)[C@H]3CC[C@]12C. The van der Waals surface area contributed by atoms with Crippen molar-refractivity contribution in [3.63, 3.8) is 0 Å². The van der Waals surface area contributed by atoms with Gasteiger partial charge in [-0.25, -0.2) is 0 Å². The third-order valence-electron chi connectivity index (χ3n) is 11.3. The largest absolute Gasteiger partial charge is 0.287 e. The van der Waals surface area contributed by atoms with Crippen LogP contribution in [0.3, 0.4) is 0 Å². The third kappa shape index (κ3) is 4.87. The minimum absolute atomic E-state index is 0.420. The highest BCUT2D eigenvalue weighted by Crippen LogP contribution is 2.68. The molecule has 184 valence electrons. The molecule has 1 nitrogen and oxygen atoms in total. The number of unbranched alkanes of at least 4 members (excludes halogenated alkanes) is 5. The fraction of sp³-hybridized carbons (Fsp3) is 0.967. The fourth-order valence-electron chi connectivity index (χ4n) is 9.35. The van der Waals surface area contributed by atoms with Crippen LogP contribution < -0.4 is 0 Å². The Kier molecular flexibility index (Phi) is 8.43. The second-order valence-electron chi connectivity index (χ2n) is 12.8. The Hall–Kier alpha value is 0.0200. The minimum atomic E-state index is 0.420. The lowest BCUT2D eigenvalue weighted by Crippen LogP contribution is -2.53. The molecule has 0 radical (unpaired) electrons. The monoisotopic (exact) mass is 460 g/mol. The average molecular weight is 461 g/mol. The van der Waals surface area contributed by atoms with Gasteiger partial charge in [0.2, 0.25) is 0 Å². The van der Waals surface area contributed by atoms with Crippen LogP contribution in [-0.2, 0) is 4.79 Å².